The molecule has 0 aromatic heterocycles. The second-order valence-corrected chi connectivity index (χ2v) is 9.47. The number of amides is 2. The summed E-state index contributed by atoms with van der Waals surface area (Å²) < 4.78 is 0. The van der Waals surface area contributed by atoms with Crippen molar-refractivity contribution in [2.45, 2.75) is 38.3 Å². The molecule has 0 unspecified atom stereocenters. The van der Waals surface area contributed by atoms with Gasteiger partial charge in [-0.05, 0) is 54.7 Å². The molecule has 0 radical (unpaired) electrons. The Bertz CT molecular complexity index is 1050. The minimum absolute atomic E-state index is 0.0640. The van der Waals surface area contributed by atoms with Crippen molar-refractivity contribution in [1.29, 1.82) is 0 Å². The summed E-state index contributed by atoms with van der Waals surface area (Å²) in [5.74, 6) is -2.25. The Hall–Kier alpha value is -2.61. The van der Waals surface area contributed by atoms with Crippen LogP contribution in [0.5, 0.6) is 0 Å². The summed E-state index contributed by atoms with van der Waals surface area (Å²) in [6.45, 7) is 4.30. The van der Waals surface area contributed by atoms with Crippen molar-refractivity contribution in [3.05, 3.63) is 69.2 Å². The van der Waals surface area contributed by atoms with Crippen LogP contribution in [-0.2, 0) is 10.4 Å². The number of rotatable bonds is 6. The fourth-order valence-corrected chi connectivity index (χ4v) is 4.29. The van der Waals surface area contributed by atoms with Crippen molar-refractivity contribution in [2.75, 3.05) is 13.1 Å². The number of halogens is 2. The second-order valence-electron chi connectivity index (χ2n) is 8.59. The molecular formula is C24H26Cl2N2O5. The first-order chi connectivity index (χ1) is 15.5. The molecule has 3 rings (SSSR count). The van der Waals surface area contributed by atoms with Gasteiger partial charge in [0.05, 0.1) is 11.2 Å². The molecule has 176 valence electrons. The maximum Gasteiger partial charge on any atom is 0.335 e. The van der Waals surface area contributed by atoms with E-state index in [0.717, 1.165) is 5.56 Å². The van der Waals surface area contributed by atoms with Crippen LogP contribution >= 0.6 is 23.2 Å². The van der Waals surface area contributed by atoms with Crippen LogP contribution in [0.3, 0.4) is 0 Å². The summed E-state index contributed by atoms with van der Waals surface area (Å²) in [5.41, 5.74) is -0.346. The van der Waals surface area contributed by atoms with E-state index in [1.807, 2.05) is 13.8 Å². The van der Waals surface area contributed by atoms with Crippen LogP contribution in [-0.4, -0.2) is 52.0 Å². The first-order valence-corrected chi connectivity index (χ1v) is 11.4. The molecule has 7 nitrogen and oxygen atoms in total. The molecule has 3 N–H and O–H groups in total. The zero-order chi connectivity index (χ0) is 24.3. The number of benzene rings is 2. The van der Waals surface area contributed by atoms with E-state index < -0.39 is 23.5 Å². The molecule has 1 atom stereocenters. The highest BCUT2D eigenvalue weighted by molar-refractivity contribution is 6.31. The van der Waals surface area contributed by atoms with Crippen LogP contribution in [0.1, 0.15) is 53.0 Å². The van der Waals surface area contributed by atoms with E-state index in [2.05, 4.69) is 5.32 Å². The number of piperidine rings is 1. The van der Waals surface area contributed by atoms with Gasteiger partial charge in [0.1, 0.15) is 6.04 Å². The Morgan fingerprint density at radius 2 is 1.55 bits per heavy atom. The summed E-state index contributed by atoms with van der Waals surface area (Å²) in [6.07, 6.45) is 0.713. The van der Waals surface area contributed by atoms with Crippen LogP contribution in [0.25, 0.3) is 0 Å². The SMILES string of the molecule is CC(C)[C@@H](NC(=O)c1cc(Cl)cc(C(=O)O)c1)C(=O)N1CCC(O)(c2ccc(Cl)cc2)CC1. The fourth-order valence-electron chi connectivity index (χ4n) is 3.92. The van der Waals surface area contributed by atoms with E-state index in [-0.39, 0.29) is 28.0 Å². The average molecular weight is 493 g/mol. The minimum Gasteiger partial charge on any atom is -0.478 e. The number of aromatic carboxylic acids is 1. The van der Waals surface area contributed by atoms with Gasteiger partial charge in [-0.2, -0.15) is 0 Å². The van der Waals surface area contributed by atoms with Gasteiger partial charge >= 0.3 is 5.97 Å². The Labute approximate surface area is 202 Å². The van der Waals surface area contributed by atoms with E-state index in [1.165, 1.54) is 18.2 Å². The summed E-state index contributed by atoms with van der Waals surface area (Å²) in [7, 11) is 0. The molecule has 1 aliphatic heterocycles. The van der Waals surface area contributed by atoms with Crippen molar-refractivity contribution in [2.24, 2.45) is 5.92 Å². The zero-order valence-corrected chi connectivity index (χ0v) is 19.9. The van der Waals surface area contributed by atoms with Crippen LogP contribution in [0.4, 0.5) is 0 Å². The Morgan fingerprint density at radius 3 is 2.09 bits per heavy atom. The van der Waals surface area contributed by atoms with E-state index >= 15 is 0 Å². The normalized spacial score (nSPS) is 16.4. The van der Waals surface area contributed by atoms with Gasteiger partial charge in [0.15, 0.2) is 0 Å². The summed E-state index contributed by atoms with van der Waals surface area (Å²) in [5, 5.41) is 23.7. The molecule has 1 saturated heterocycles. The molecule has 2 aromatic carbocycles. The summed E-state index contributed by atoms with van der Waals surface area (Å²) in [6, 6.07) is 10.0. The van der Waals surface area contributed by atoms with Gasteiger partial charge in [-0.1, -0.05) is 49.2 Å². The molecule has 0 bridgehead atoms. The Morgan fingerprint density at radius 1 is 0.970 bits per heavy atom. The highest BCUT2D eigenvalue weighted by Crippen LogP contribution is 2.33. The van der Waals surface area contributed by atoms with Crippen molar-refractivity contribution >= 4 is 41.0 Å². The van der Waals surface area contributed by atoms with Crippen LogP contribution in [0, 0.1) is 5.92 Å². The Balaban J connectivity index is 1.70. The van der Waals surface area contributed by atoms with E-state index in [1.54, 1.807) is 29.2 Å². The summed E-state index contributed by atoms with van der Waals surface area (Å²) in [4.78, 5) is 38.9. The Kier molecular flexibility index (Phi) is 7.67. The number of carbonyl (C=O) groups is 3. The standard InChI is InChI=1S/C24H26Cl2N2O5/c1-14(2)20(27-21(29)15-11-16(23(31)32)13-19(26)12-15)22(30)28-9-7-24(33,8-10-28)17-3-5-18(25)6-4-17/h3-6,11-14,20,33H,7-10H2,1-2H3,(H,27,29)(H,31,32)/t20-/m1/s1. The minimum atomic E-state index is -1.20. The van der Waals surface area contributed by atoms with Gasteiger partial charge in [0.25, 0.3) is 5.91 Å². The third-order valence-corrected chi connectivity index (χ3v) is 6.38. The monoisotopic (exact) mass is 492 g/mol. The summed E-state index contributed by atoms with van der Waals surface area (Å²) >= 11 is 11.9. The van der Waals surface area contributed by atoms with Gasteiger partial charge < -0.3 is 20.4 Å². The van der Waals surface area contributed by atoms with Gasteiger partial charge in [0.2, 0.25) is 5.91 Å². The predicted molar refractivity (Wildman–Crippen MR) is 126 cm³/mol. The lowest BCUT2D eigenvalue weighted by molar-refractivity contribution is -0.138. The lowest BCUT2D eigenvalue weighted by Crippen LogP contribution is -2.54. The molecular weight excluding hydrogens is 467 g/mol. The number of nitrogens with one attached hydrogen (secondary N) is 1. The number of aliphatic hydroxyl groups is 1. The third-order valence-electron chi connectivity index (χ3n) is 5.91. The van der Waals surface area contributed by atoms with Crippen molar-refractivity contribution < 1.29 is 24.6 Å². The zero-order valence-electron chi connectivity index (χ0n) is 18.3. The van der Waals surface area contributed by atoms with Crippen LogP contribution in [0.15, 0.2) is 42.5 Å². The van der Waals surface area contributed by atoms with Crippen LogP contribution in [0.2, 0.25) is 10.0 Å². The number of carboxylic acid groups (broad SMARTS) is 1. The molecule has 0 spiro atoms. The highest BCUT2D eigenvalue weighted by atomic mass is 35.5. The number of hydrogen-bond acceptors (Lipinski definition) is 4. The third kappa shape index (κ3) is 5.85. The molecule has 1 aliphatic rings. The van der Waals surface area contributed by atoms with E-state index in [0.29, 0.717) is 31.0 Å². The number of nitrogens with zero attached hydrogens (tertiary/aromatic N) is 1. The molecule has 1 heterocycles. The molecule has 33 heavy (non-hydrogen) atoms. The van der Waals surface area contributed by atoms with Gasteiger partial charge in [-0.15, -0.1) is 0 Å². The largest absolute Gasteiger partial charge is 0.478 e. The molecule has 2 aromatic rings. The highest BCUT2D eigenvalue weighted by Gasteiger charge is 2.38. The maximum absolute atomic E-state index is 13.2. The van der Waals surface area contributed by atoms with E-state index in [4.69, 9.17) is 23.2 Å². The van der Waals surface area contributed by atoms with E-state index in [9.17, 15) is 24.6 Å². The van der Waals surface area contributed by atoms with Gasteiger partial charge in [-0.3, -0.25) is 9.59 Å². The molecule has 2 amide bonds. The lowest BCUT2D eigenvalue weighted by Gasteiger charge is -2.40. The lowest BCUT2D eigenvalue weighted by atomic mass is 9.84. The number of hydrogen-bond donors (Lipinski definition) is 3. The topological polar surface area (TPSA) is 107 Å². The number of likely N-dealkylation sites (tertiary alicyclic amines) is 1. The predicted octanol–water partition coefficient (Wildman–Crippen LogP) is 3.96. The second kappa shape index (κ2) is 10.1. The van der Waals surface area contributed by atoms with Gasteiger partial charge in [-0.25, -0.2) is 4.79 Å². The molecule has 0 aliphatic carbocycles. The van der Waals surface area contributed by atoms with Crippen molar-refractivity contribution in [1.82, 2.24) is 10.2 Å². The number of carboxylic acids is 1. The first-order valence-electron chi connectivity index (χ1n) is 10.6. The van der Waals surface area contributed by atoms with Crippen molar-refractivity contribution in [3.63, 3.8) is 0 Å². The maximum atomic E-state index is 13.2. The molecule has 1 fully saturated rings. The van der Waals surface area contributed by atoms with Crippen molar-refractivity contribution in [3.8, 4) is 0 Å². The molecule has 0 saturated carbocycles. The van der Waals surface area contributed by atoms with Crippen LogP contribution < -0.4 is 5.32 Å². The fraction of sp³-hybridized carbons (Fsp3) is 0.375. The van der Waals surface area contributed by atoms with Gasteiger partial charge in [0, 0.05) is 28.7 Å². The molecule has 9 heteroatoms. The first kappa shape index (κ1) is 25.0. The smallest absolute Gasteiger partial charge is 0.335 e. The average Bonchev–Trinajstić information content (AvgIpc) is 2.77. The number of carbonyl (C=O) groups excluding carboxylic acids is 2. The quantitative estimate of drug-likeness (QED) is 0.565.